The minimum atomic E-state index is -6.01. The van der Waals surface area contributed by atoms with E-state index in [4.69, 9.17) is 150 Å². The van der Waals surface area contributed by atoms with Crippen molar-refractivity contribution in [3.05, 3.63) is 0 Å². The molecule has 0 aromatic heterocycles. The molecular weight excluding hydrogens is 1710 g/mol. The van der Waals surface area contributed by atoms with Gasteiger partial charge in [-0.15, -0.1) is 17.3 Å². The molecule has 0 radical (unpaired) electrons. The van der Waals surface area contributed by atoms with E-state index < -0.39 is 258 Å². The topological polar surface area (TPSA) is 658 Å². The molecule has 8 N–H and O–H groups in total. The molecule has 30 atom stereocenters. The SMILES string of the molecule is COCC1O[C@@H](O[C@H]2C(OC)C(OC)[C@@H](O[C@H]3C(OC)C(OC)[C@H](OC)O[C@H]3COC)O[C@H]2COC)C(OC)[C@@H](OC)[C@@H]1O[C@@H]1OC(COS(=O)(=O)O)[C@@H](O[C@@H]2O[C@@H](COS(=O)(=O)O)[C@@H](O[C@H]3O[C@@H](COS(=O)(=O)O)[C@@H](OSOOO)C(OSOOO)C3OSOOO)C(OSOOO)C2OS(=O)(=O)O)[C@H](OC)C1OC. The lowest BCUT2D eigenvalue weighted by molar-refractivity contribution is -0.437. The van der Waals surface area contributed by atoms with Gasteiger partial charge in [0.05, 0.1) is 39.6 Å². The summed E-state index contributed by atoms with van der Waals surface area (Å²) in [5.41, 5.74) is 0. The third-order valence-electron chi connectivity index (χ3n) is 16.6. The van der Waals surface area contributed by atoms with Crippen LogP contribution in [0.5, 0.6) is 0 Å². The van der Waals surface area contributed by atoms with E-state index in [0.29, 0.717) is 0 Å². The van der Waals surface area contributed by atoms with E-state index in [1.807, 2.05) is 0 Å². The Morgan fingerprint density at radius 3 is 0.739 bits per heavy atom. The first-order valence-corrected chi connectivity index (χ1v) is 39.2. The monoisotopic (exact) mass is 1800 g/mol. The predicted molar refractivity (Wildman–Crippen MR) is 343 cm³/mol. The molecule has 63 heteroatoms. The minimum absolute atomic E-state index is 0.00646. The summed E-state index contributed by atoms with van der Waals surface area (Å²) in [5, 5.41) is 50.2. The van der Waals surface area contributed by atoms with Gasteiger partial charge in [0, 0.05) is 85.3 Å². The molecule has 12 unspecified atom stereocenters. The standard InChI is InChI=1S/C48H86O55S8/c1-65-13-19-25(31(68-4)37(72-8)43(76-12)80-19)86-44-38(73-9)32(69-5)26(20(81-44)14-66-2)87-45-39(74-10)33(70-6)27(21(82-45)15-67-3)88-46-40(75-11)34(71-7)28(22(83-46)16-77-108(53,54)55)89-48-42(95-111(62,63)64)35(92-105-101-97-50)29(23(84-48)17-78-109(56,57)58)90-47-41(94-107-103-99-52)36(93-106-102-98-51)30(91-104-100-96-49)24(85-47)18-79-110(59,60)61/h19-52H,13-18H2,1-12H3,(H,53,54,55)(H,56,57,58)(H,59,60,61)(H,62,63,64)/t19-,20-,21?,22?,23-,24-,25+,26+,27+,28+,29+,30+,31?,32?,33-,34-,35?,36?,37?,38?,39?,40?,41?,42?,43+,44+,45-,46-,47+,48-/m0/s1. The largest absolute Gasteiger partial charge is 0.397 e. The quantitative estimate of drug-likeness (QED) is 0.00995. The molecule has 6 saturated heterocycles. The molecule has 6 rings (SSSR count). The number of hydrogen-bond acceptors (Lipinski definition) is 55. The molecule has 0 spiro atoms. The van der Waals surface area contributed by atoms with Crippen LogP contribution in [0.4, 0.5) is 0 Å². The molecule has 0 bridgehead atoms. The molecule has 111 heavy (non-hydrogen) atoms. The van der Waals surface area contributed by atoms with Crippen LogP contribution >= 0.6 is 49.3 Å². The third kappa shape index (κ3) is 28.7. The summed E-state index contributed by atoms with van der Waals surface area (Å²) in [5.74, 6) is 0. The summed E-state index contributed by atoms with van der Waals surface area (Å²) < 4.78 is 339. The summed E-state index contributed by atoms with van der Waals surface area (Å²) in [4.78, 5) is 0. The summed E-state index contributed by atoms with van der Waals surface area (Å²) >= 11 is -1.41. The van der Waals surface area contributed by atoms with E-state index in [1.165, 1.54) is 71.1 Å². The zero-order valence-corrected chi connectivity index (χ0v) is 66.1. The fourth-order valence-electron chi connectivity index (χ4n) is 12.4. The molecule has 6 fully saturated rings. The van der Waals surface area contributed by atoms with Crippen LogP contribution in [0.1, 0.15) is 0 Å². The zero-order chi connectivity index (χ0) is 82.0. The fraction of sp³-hybridized carbons (Fsp3) is 1.00. The molecule has 6 aliphatic rings. The number of ether oxygens (including phenoxy) is 23. The van der Waals surface area contributed by atoms with Crippen molar-refractivity contribution in [2.75, 3.05) is 125 Å². The normalized spacial score (nSPS) is 37.5. The molecular formula is C48H86O55S8. The zero-order valence-electron chi connectivity index (χ0n) is 59.6. The molecule has 6 aliphatic heterocycles. The highest BCUT2D eigenvalue weighted by atomic mass is 32.3. The average molecular weight is 1800 g/mol. The van der Waals surface area contributed by atoms with E-state index in [1.54, 1.807) is 0 Å². The van der Waals surface area contributed by atoms with Crippen LogP contribution in [0.2, 0.25) is 0 Å². The Hall–Kier alpha value is -0.680. The summed E-state index contributed by atoms with van der Waals surface area (Å²) in [7, 11) is -7.04. The van der Waals surface area contributed by atoms with Crippen molar-refractivity contribution in [1.29, 1.82) is 0 Å². The van der Waals surface area contributed by atoms with E-state index in [0.717, 1.165) is 14.2 Å². The maximum Gasteiger partial charge on any atom is 0.397 e. The first kappa shape index (κ1) is 99.1. The maximum absolute atomic E-state index is 13.1. The summed E-state index contributed by atoms with van der Waals surface area (Å²) in [6.45, 7) is -4.95. The van der Waals surface area contributed by atoms with Crippen molar-refractivity contribution in [3.63, 3.8) is 0 Å². The maximum atomic E-state index is 13.1. The number of methoxy groups -OCH3 is 12. The van der Waals surface area contributed by atoms with Gasteiger partial charge >= 0.3 is 41.6 Å². The Morgan fingerprint density at radius 1 is 0.252 bits per heavy atom. The molecule has 6 heterocycles. The van der Waals surface area contributed by atoms with E-state index in [2.05, 4.69) is 45.9 Å². The van der Waals surface area contributed by atoms with Crippen LogP contribution in [0, 0.1) is 0 Å². The highest BCUT2D eigenvalue weighted by Crippen LogP contribution is 2.44. The lowest BCUT2D eigenvalue weighted by Crippen LogP contribution is -2.69. The lowest BCUT2D eigenvalue weighted by atomic mass is 9.94. The van der Waals surface area contributed by atoms with Gasteiger partial charge in [0.25, 0.3) is 0 Å². The minimum Gasteiger partial charge on any atom is -0.382 e. The lowest BCUT2D eigenvalue weighted by Gasteiger charge is -2.52. The van der Waals surface area contributed by atoms with Crippen molar-refractivity contribution < 1.29 is 253 Å². The molecule has 0 aliphatic carbocycles. The molecule has 0 amide bonds. The van der Waals surface area contributed by atoms with Crippen molar-refractivity contribution >= 4 is 90.9 Å². The smallest absolute Gasteiger partial charge is 0.382 e. The van der Waals surface area contributed by atoms with Crippen LogP contribution in [-0.4, -0.2) is 382 Å². The van der Waals surface area contributed by atoms with Crippen LogP contribution in [0.25, 0.3) is 0 Å². The van der Waals surface area contributed by atoms with Gasteiger partial charge in [-0.1, -0.05) is 20.2 Å². The van der Waals surface area contributed by atoms with Crippen LogP contribution < -0.4 is 0 Å². The Kier molecular flexibility index (Phi) is 43.5. The Morgan fingerprint density at radius 2 is 0.477 bits per heavy atom. The van der Waals surface area contributed by atoms with Gasteiger partial charge in [-0.2, -0.15) is 33.7 Å². The second-order valence-electron chi connectivity index (χ2n) is 22.7. The van der Waals surface area contributed by atoms with Gasteiger partial charge in [0.1, 0.15) is 134 Å². The number of rotatable bonds is 52. The van der Waals surface area contributed by atoms with E-state index >= 15 is 0 Å². The molecule has 0 saturated carbocycles. The van der Waals surface area contributed by atoms with Crippen LogP contribution in [0.15, 0.2) is 0 Å². The highest BCUT2D eigenvalue weighted by molar-refractivity contribution is 7.90. The predicted octanol–water partition coefficient (Wildman–Crippen LogP) is -2.91. The van der Waals surface area contributed by atoms with Gasteiger partial charge in [-0.3, -0.25) is 34.9 Å². The van der Waals surface area contributed by atoms with E-state index in [9.17, 15) is 57.1 Å². The van der Waals surface area contributed by atoms with Crippen LogP contribution in [-0.2, 0) is 221 Å². The van der Waals surface area contributed by atoms with Crippen molar-refractivity contribution in [3.8, 4) is 0 Å². The van der Waals surface area contributed by atoms with Gasteiger partial charge in [0.15, 0.2) is 99.2 Å². The summed E-state index contributed by atoms with van der Waals surface area (Å²) in [6.07, 6.45) is -51.3. The van der Waals surface area contributed by atoms with Crippen molar-refractivity contribution in [1.82, 2.24) is 0 Å². The van der Waals surface area contributed by atoms with Gasteiger partial charge in [-0.25, -0.2) is 37.8 Å². The molecule has 55 nitrogen and oxygen atoms in total. The Balaban J connectivity index is 1.40. The molecule has 0 aromatic rings. The van der Waals surface area contributed by atoms with Crippen molar-refractivity contribution in [2.24, 2.45) is 0 Å². The molecule has 656 valence electrons. The van der Waals surface area contributed by atoms with Gasteiger partial charge in [-0.05, 0) is 0 Å². The van der Waals surface area contributed by atoms with Gasteiger partial charge < -0.3 is 109 Å². The Labute approximate surface area is 649 Å². The molecule has 0 aromatic carbocycles. The van der Waals surface area contributed by atoms with Gasteiger partial charge in [0.2, 0.25) is 0 Å². The van der Waals surface area contributed by atoms with Crippen LogP contribution in [0.3, 0.4) is 0 Å². The second kappa shape index (κ2) is 48.7. The average Bonchev–Trinajstić information content (AvgIpc) is 0.762. The highest BCUT2D eigenvalue weighted by Gasteiger charge is 2.62. The Bertz CT molecular complexity index is 3080. The van der Waals surface area contributed by atoms with Crippen molar-refractivity contribution in [2.45, 2.75) is 184 Å². The first-order valence-electron chi connectivity index (χ1n) is 31.0. The first-order chi connectivity index (χ1) is 52.9. The third-order valence-corrected chi connectivity index (χ3v) is 20.1. The number of hydrogen-bond donors (Lipinski definition) is 8. The second-order valence-corrected chi connectivity index (χ2v) is 28.9. The summed E-state index contributed by atoms with van der Waals surface area (Å²) in [6, 6.07) is 0. The van der Waals surface area contributed by atoms with E-state index in [-0.39, 0.29) is 56.8 Å². The fourth-order valence-corrected chi connectivity index (χ4v) is 15.3.